The highest BCUT2D eigenvalue weighted by atomic mass is 79.9. The van der Waals surface area contributed by atoms with Crippen LogP contribution in [0.15, 0.2) is 62.6 Å². The molecule has 1 unspecified atom stereocenters. The topological polar surface area (TPSA) is 72.1 Å². The third-order valence-corrected chi connectivity index (χ3v) is 6.94. The second kappa shape index (κ2) is 8.64. The third-order valence-electron chi connectivity index (χ3n) is 4.44. The fourth-order valence-electron chi connectivity index (χ4n) is 2.68. The predicted molar refractivity (Wildman–Crippen MR) is 119 cm³/mol. The molecule has 2 heterocycles. The second-order valence-corrected chi connectivity index (χ2v) is 9.28. The SMILES string of the molecule is CC(c1nc2ccccc2s1)N(C)C(=O)CSc1nnc(-c2cccc(Br)c2)o1. The summed E-state index contributed by atoms with van der Waals surface area (Å²) in [4.78, 5) is 19.0. The van der Waals surface area contributed by atoms with Gasteiger partial charge in [-0.3, -0.25) is 4.79 Å². The van der Waals surface area contributed by atoms with Gasteiger partial charge < -0.3 is 9.32 Å². The Labute approximate surface area is 184 Å². The molecule has 0 saturated heterocycles. The Balaban J connectivity index is 1.39. The number of fused-ring (bicyclic) bond motifs is 1. The molecular formula is C20H17BrN4O2S2. The van der Waals surface area contributed by atoms with Crippen molar-refractivity contribution in [2.75, 3.05) is 12.8 Å². The van der Waals surface area contributed by atoms with Gasteiger partial charge in [-0.1, -0.05) is 45.9 Å². The summed E-state index contributed by atoms with van der Waals surface area (Å²) in [6.07, 6.45) is 0. The summed E-state index contributed by atoms with van der Waals surface area (Å²) in [6.45, 7) is 1.98. The molecule has 9 heteroatoms. The number of amides is 1. The number of halogens is 1. The zero-order chi connectivity index (χ0) is 20.4. The van der Waals surface area contributed by atoms with Crippen molar-refractivity contribution in [2.45, 2.75) is 18.2 Å². The van der Waals surface area contributed by atoms with E-state index in [0.717, 1.165) is 25.3 Å². The highest BCUT2D eigenvalue weighted by molar-refractivity contribution is 9.10. The van der Waals surface area contributed by atoms with Gasteiger partial charge in [0.15, 0.2) is 0 Å². The first-order chi connectivity index (χ1) is 14.0. The Morgan fingerprint density at radius 2 is 2.07 bits per heavy atom. The molecule has 2 aromatic carbocycles. The normalized spacial score (nSPS) is 12.2. The van der Waals surface area contributed by atoms with Crippen LogP contribution in [0.1, 0.15) is 18.0 Å². The molecule has 0 bridgehead atoms. The van der Waals surface area contributed by atoms with Gasteiger partial charge >= 0.3 is 0 Å². The van der Waals surface area contributed by atoms with E-state index >= 15 is 0 Å². The lowest BCUT2D eigenvalue weighted by molar-refractivity contribution is -0.128. The number of benzene rings is 2. The van der Waals surface area contributed by atoms with Gasteiger partial charge in [-0.15, -0.1) is 21.5 Å². The number of thiazole rings is 1. The minimum atomic E-state index is -0.111. The van der Waals surface area contributed by atoms with Crippen LogP contribution in [0.25, 0.3) is 21.7 Å². The number of para-hydroxylation sites is 1. The molecule has 0 fully saturated rings. The van der Waals surface area contributed by atoms with Gasteiger partial charge in [0.05, 0.1) is 22.0 Å². The number of thioether (sulfide) groups is 1. The summed E-state index contributed by atoms with van der Waals surface area (Å²) in [5.41, 5.74) is 1.78. The van der Waals surface area contributed by atoms with Gasteiger partial charge in [-0.05, 0) is 37.3 Å². The Hall–Kier alpha value is -2.23. The van der Waals surface area contributed by atoms with E-state index in [1.54, 1.807) is 23.3 Å². The molecule has 0 spiro atoms. The van der Waals surface area contributed by atoms with Crippen LogP contribution in [0.5, 0.6) is 0 Å². The quantitative estimate of drug-likeness (QED) is 0.337. The van der Waals surface area contributed by atoms with Crippen molar-refractivity contribution >= 4 is 55.2 Å². The van der Waals surface area contributed by atoms with Crippen molar-refractivity contribution in [1.29, 1.82) is 0 Å². The summed E-state index contributed by atoms with van der Waals surface area (Å²) < 4.78 is 7.73. The maximum Gasteiger partial charge on any atom is 0.277 e. The molecule has 6 nitrogen and oxygen atoms in total. The van der Waals surface area contributed by atoms with Crippen LogP contribution in [0.3, 0.4) is 0 Å². The van der Waals surface area contributed by atoms with E-state index in [0.29, 0.717) is 11.1 Å². The number of rotatable bonds is 6. The Morgan fingerprint density at radius 1 is 1.24 bits per heavy atom. The summed E-state index contributed by atoms with van der Waals surface area (Å²) in [7, 11) is 1.79. The average molecular weight is 489 g/mol. The molecular weight excluding hydrogens is 472 g/mol. The van der Waals surface area contributed by atoms with Crippen LogP contribution < -0.4 is 0 Å². The summed E-state index contributed by atoms with van der Waals surface area (Å²) in [5, 5.41) is 9.39. The lowest BCUT2D eigenvalue weighted by Gasteiger charge is -2.22. The molecule has 148 valence electrons. The number of carbonyl (C=O) groups excluding carboxylic acids is 1. The monoisotopic (exact) mass is 488 g/mol. The molecule has 4 aromatic rings. The fourth-order valence-corrected chi connectivity index (χ4v) is 4.83. The largest absolute Gasteiger partial charge is 0.411 e. The number of nitrogens with zero attached hydrogens (tertiary/aromatic N) is 4. The molecule has 1 amide bonds. The van der Waals surface area contributed by atoms with E-state index in [1.165, 1.54) is 11.8 Å². The van der Waals surface area contributed by atoms with Crippen LogP contribution in [-0.2, 0) is 4.79 Å². The van der Waals surface area contributed by atoms with E-state index in [4.69, 9.17) is 4.42 Å². The molecule has 1 atom stereocenters. The van der Waals surface area contributed by atoms with E-state index in [-0.39, 0.29) is 17.7 Å². The Kier molecular flexibility index (Phi) is 5.98. The Morgan fingerprint density at radius 3 is 2.86 bits per heavy atom. The first-order valence-corrected chi connectivity index (χ1v) is 11.4. The fraction of sp³-hybridized carbons (Fsp3) is 0.200. The van der Waals surface area contributed by atoms with E-state index < -0.39 is 0 Å². The Bertz CT molecular complexity index is 1130. The maximum absolute atomic E-state index is 12.7. The standard InChI is InChI=1S/C20H17BrN4O2S2/c1-12(19-22-15-8-3-4-9-16(15)29-19)25(2)17(26)11-28-20-24-23-18(27-20)13-6-5-7-14(21)10-13/h3-10,12H,11H2,1-2H3. The van der Waals surface area contributed by atoms with Crippen molar-refractivity contribution in [1.82, 2.24) is 20.1 Å². The van der Waals surface area contributed by atoms with Gasteiger partial charge in [0, 0.05) is 17.1 Å². The highest BCUT2D eigenvalue weighted by Gasteiger charge is 2.21. The number of carbonyl (C=O) groups is 1. The molecule has 2 aromatic heterocycles. The predicted octanol–water partition coefficient (Wildman–Crippen LogP) is 5.42. The van der Waals surface area contributed by atoms with Crippen molar-refractivity contribution in [2.24, 2.45) is 0 Å². The van der Waals surface area contributed by atoms with Crippen molar-refractivity contribution in [3.8, 4) is 11.5 Å². The van der Waals surface area contributed by atoms with Crippen molar-refractivity contribution in [3.05, 3.63) is 58.0 Å². The zero-order valence-corrected chi connectivity index (χ0v) is 18.9. The average Bonchev–Trinajstić information content (AvgIpc) is 3.38. The van der Waals surface area contributed by atoms with Gasteiger partial charge in [0.2, 0.25) is 11.8 Å². The smallest absolute Gasteiger partial charge is 0.277 e. The number of aromatic nitrogens is 3. The van der Waals surface area contributed by atoms with Gasteiger partial charge in [0.1, 0.15) is 5.01 Å². The highest BCUT2D eigenvalue weighted by Crippen LogP contribution is 2.30. The van der Waals surface area contributed by atoms with Crippen LogP contribution in [0.2, 0.25) is 0 Å². The molecule has 0 saturated carbocycles. The molecule has 29 heavy (non-hydrogen) atoms. The maximum atomic E-state index is 12.7. The van der Waals surface area contributed by atoms with Crippen molar-refractivity contribution in [3.63, 3.8) is 0 Å². The third kappa shape index (κ3) is 4.52. The summed E-state index contributed by atoms with van der Waals surface area (Å²) >= 11 is 6.27. The summed E-state index contributed by atoms with van der Waals surface area (Å²) in [5.74, 6) is 0.618. The first-order valence-electron chi connectivity index (χ1n) is 8.84. The minimum absolute atomic E-state index is 0.0241. The molecule has 0 aliphatic heterocycles. The molecule has 4 rings (SSSR count). The van der Waals surface area contributed by atoms with Crippen LogP contribution in [0.4, 0.5) is 0 Å². The molecule has 0 aliphatic carbocycles. The molecule has 0 aliphatic rings. The lowest BCUT2D eigenvalue weighted by Crippen LogP contribution is -2.31. The van der Waals surface area contributed by atoms with Gasteiger partial charge in [-0.25, -0.2) is 4.98 Å². The van der Waals surface area contributed by atoms with E-state index in [2.05, 4.69) is 31.1 Å². The first kappa shape index (κ1) is 20.1. The van der Waals surface area contributed by atoms with E-state index in [9.17, 15) is 4.79 Å². The van der Waals surface area contributed by atoms with Crippen LogP contribution >= 0.6 is 39.0 Å². The molecule has 0 N–H and O–H groups in total. The number of hydrogen-bond donors (Lipinski definition) is 0. The van der Waals surface area contributed by atoms with Gasteiger partial charge in [0.25, 0.3) is 5.22 Å². The minimum Gasteiger partial charge on any atom is -0.411 e. The number of hydrogen-bond acceptors (Lipinski definition) is 7. The van der Waals surface area contributed by atoms with Crippen molar-refractivity contribution < 1.29 is 9.21 Å². The second-order valence-electron chi connectivity index (χ2n) is 6.37. The van der Waals surface area contributed by atoms with E-state index in [1.807, 2.05) is 55.5 Å². The van der Waals surface area contributed by atoms with Gasteiger partial charge in [-0.2, -0.15) is 0 Å². The van der Waals surface area contributed by atoms with Crippen LogP contribution in [0, 0.1) is 0 Å². The molecule has 0 radical (unpaired) electrons. The lowest BCUT2D eigenvalue weighted by atomic mass is 10.2. The zero-order valence-electron chi connectivity index (χ0n) is 15.7. The summed E-state index contributed by atoms with van der Waals surface area (Å²) in [6, 6.07) is 15.5. The van der Waals surface area contributed by atoms with Crippen LogP contribution in [-0.4, -0.2) is 38.8 Å².